The number of hydrogen-bond acceptors (Lipinski definition) is 2. The van der Waals surface area contributed by atoms with Gasteiger partial charge in [-0.25, -0.2) is 0 Å². The van der Waals surface area contributed by atoms with E-state index >= 15 is 0 Å². The average Bonchev–Trinajstić information content (AvgIpc) is 2.27. The second kappa shape index (κ2) is 4.66. The summed E-state index contributed by atoms with van der Waals surface area (Å²) < 4.78 is 1.60. The molecule has 0 unspecified atom stereocenters. The van der Waals surface area contributed by atoms with E-state index < -0.39 is 0 Å². The van der Waals surface area contributed by atoms with Gasteiger partial charge in [-0.2, -0.15) is 0 Å². The fourth-order valence-electron chi connectivity index (χ4n) is 1.97. The van der Waals surface area contributed by atoms with E-state index in [1.165, 1.54) is 5.57 Å². The fraction of sp³-hybridized carbons (Fsp3) is 0.462. The summed E-state index contributed by atoms with van der Waals surface area (Å²) in [7, 11) is 1.77. The Morgan fingerprint density at radius 1 is 1.38 bits per heavy atom. The lowest BCUT2D eigenvalue weighted by molar-refractivity contribution is 0.248. The van der Waals surface area contributed by atoms with E-state index in [9.17, 15) is 4.79 Å². The van der Waals surface area contributed by atoms with Gasteiger partial charge in [0.15, 0.2) is 0 Å². The predicted molar refractivity (Wildman–Crippen MR) is 65.3 cm³/mol. The number of aromatic nitrogens is 1. The topological polar surface area (TPSA) is 25.2 Å². The van der Waals surface area contributed by atoms with Crippen molar-refractivity contribution in [1.29, 1.82) is 0 Å². The van der Waals surface area contributed by atoms with Crippen LogP contribution in [0.15, 0.2) is 35.3 Å². The van der Waals surface area contributed by atoms with Crippen molar-refractivity contribution in [1.82, 2.24) is 9.47 Å². The van der Waals surface area contributed by atoms with Crippen molar-refractivity contribution >= 4 is 0 Å². The molecule has 1 aliphatic heterocycles. The fourth-order valence-corrected chi connectivity index (χ4v) is 1.97. The number of rotatable bonds is 2. The Labute approximate surface area is 96.0 Å². The summed E-state index contributed by atoms with van der Waals surface area (Å²) in [5.74, 6) is 0. The van der Waals surface area contributed by atoms with Crippen LogP contribution in [0.4, 0.5) is 0 Å². The maximum atomic E-state index is 11.5. The van der Waals surface area contributed by atoms with Crippen LogP contribution in [-0.4, -0.2) is 22.6 Å². The van der Waals surface area contributed by atoms with Crippen molar-refractivity contribution in [2.45, 2.75) is 19.4 Å². The lowest BCUT2D eigenvalue weighted by Crippen LogP contribution is -2.30. The lowest BCUT2D eigenvalue weighted by Gasteiger charge is -2.27. The summed E-state index contributed by atoms with van der Waals surface area (Å²) in [6, 6.07) is 3.74. The Balaban J connectivity index is 2.01. The van der Waals surface area contributed by atoms with Crippen molar-refractivity contribution in [3.05, 3.63) is 46.4 Å². The largest absolute Gasteiger partial charge is 0.319 e. The molecule has 3 nitrogen and oxygen atoms in total. The van der Waals surface area contributed by atoms with Gasteiger partial charge in [-0.05, 0) is 24.5 Å². The molecule has 2 heterocycles. The molecule has 0 N–H and O–H groups in total. The van der Waals surface area contributed by atoms with Crippen molar-refractivity contribution in [2.75, 3.05) is 13.1 Å². The van der Waals surface area contributed by atoms with Crippen LogP contribution in [0.25, 0.3) is 0 Å². The van der Waals surface area contributed by atoms with Crippen LogP contribution >= 0.6 is 0 Å². The minimum absolute atomic E-state index is 0.0684. The Morgan fingerprint density at radius 3 is 2.69 bits per heavy atom. The van der Waals surface area contributed by atoms with Crippen molar-refractivity contribution in [3.8, 4) is 0 Å². The van der Waals surface area contributed by atoms with Gasteiger partial charge in [0, 0.05) is 38.9 Å². The molecule has 0 aliphatic carbocycles. The van der Waals surface area contributed by atoms with Gasteiger partial charge in [-0.15, -0.1) is 0 Å². The average molecular weight is 218 g/mol. The van der Waals surface area contributed by atoms with E-state index in [1.54, 1.807) is 17.7 Å². The Kier molecular flexibility index (Phi) is 3.25. The van der Waals surface area contributed by atoms with Crippen LogP contribution < -0.4 is 5.56 Å². The quantitative estimate of drug-likeness (QED) is 0.703. The molecule has 1 saturated heterocycles. The maximum absolute atomic E-state index is 11.5. The molecule has 3 heteroatoms. The molecular formula is C13H18N2O. The van der Waals surface area contributed by atoms with E-state index in [4.69, 9.17) is 0 Å². The van der Waals surface area contributed by atoms with Crippen molar-refractivity contribution in [2.24, 2.45) is 7.05 Å². The summed E-state index contributed by atoms with van der Waals surface area (Å²) in [5.41, 5.74) is 2.52. The highest BCUT2D eigenvalue weighted by molar-refractivity contribution is 5.11. The predicted octanol–water partition coefficient (Wildman–Crippen LogP) is 1.54. The first-order chi connectivity index (χ1) is 7.65. The van der Waals surface area contributed by atoms with Gasteiger partial charge in [0.2, 0.25) is 0 Å². The second-order valence-corrected chi connectivity index (χ2v) is 4.51. The SMILES string of the molecule is C=C1CCN(Cc2ccn(C)c(=O)c2)CC1. The number of pyridine rings is 1. The smallest absolute Gasteiger partial charge is 0.250 e. The molecule has 16 heavy (non-hydrogen) atoms. The third kappa shape index (κ3) is 2.61. The van der Waals surface area contributed by atoms with Gasteiger partial charge in [-0.1, -0.05) is 12.2 Å². The normalized spacial score (nSPS) is 17.7. The molecule has 2 rings (SSSR count). The number of aryl methyl sites for hydroxylation is 1. The van der Waals surface area contributed by atoms with Crippen molar-refractivity contribution < 1.29 is 0 Å². The van der Waals surface area contributed by atoms with Crippen LogP contribution in [0, 0.1) is 0 Å². The molecule has 0 bridgehead atoms. The standard InChI is InChI=1S/C13H18N2O/c1-11-3-7-15(8-4-11)10-12-5-6-14(2)13(16)9-12/h5-6,9H,1,3-4,7-8,10H2,2H3. The molecule has 0 radical (unpaired) electrons. The van der Waals surface area contributed by atoms with Gasteiger partial charge >= 0.3 is 0 Å². The maximum Gasteiger partial charge on any atom is 0.250 e. The third-order valence-corrected chi connectivity index (χ3v) is 3.14. The monoisotopic (exact) mass is 218 g/mol. The molecule has 1 aliphatic rings. The van der Waals surface area contributed by atoms with Crippen LogP contribution in [0.5, 0.6) is 0 Å². The summed E-state index contributed by atoms with van der Waals surface area (Å²) >= 11 is 0. The van der Waals surface area contributed by atoms with E-state index in [-0.39, 0.29) is 5.56 Å². The Morgan fingerprint density at radius 2 is 2.06 bits per heavy atom. The van der Waals surface area contributed by atoms with Crippen LogP contribution in [0.3, 0.4) is 0 Å². The highest BCUT2D eigenvalue weighted by Crippen LogP contribution is 2.15. The lowest BCUT2D eigenvalue weighted by atomic mass is 10.1. The summed E-state index contributed by atoms with van der Waals surface area (Å²) in [6.45, 7) is 7.01. The Hall–Kier alpha value is -1.35. The van der Waals surface area contributed by atoms with Gasteiger partial charge in [-0.3, -0.25) is 9.69 Å². The number of piperidine rings is 1. The van der Waals surface area contributed by atoms with E-state index in [2.05, 4.69) is 11.5 Å². The minimum Gasteiger partial charge on any atom is -0.319 e. The highest BCUT2D eigenvalue weighted by atomic mass is 16.1. The summed E-state index contributed by atoms with van der Waals surface area (Å²) in [6.07, 6.45) is 4.01. The molecular weight excluding hydrogens is 200 g/mol. The summed E-state index contributed by atoms with van der Waals surface area (Å²) in [5, 5.41) is 0. The van der Waals surface area contributed by atoms with Crippen LogP contribution in [0.2, 0.25) is 0 Å². The molecule has 0 saturated carbocycles. The van der Waals surface area contributed by atoms with Gasteiger partial charge in [0.25, 0.3) is 5.56 Å². The first-order valence-electron chi connectivity index (χ1n) is 5.70. The molecule has 0 atom stereocenters. The third-order valence-electron chi connectivity index (χ3n) is 3.14. The molecule has 86 valence electrons. The van der Waals surface area contributed by atoms with E-state index in [0.29, 0.717) is 0 Å². The Bertz CT molecular complexity index is 437. The number of hydrogen-bond donors (Lipinski definition) is 0. The van der Waals surface area contributed by atoms with Gasteiger partial charge < -0.3 is 4.57 Å². The number of likely N-dealkylation sites (tertiary alicyclic amines) is 1. The van der Waals surface area contributed by atoms with Crippen molar-refractivity contribution in [3.63, 3.8) is 0 Å². The minimum atomic E-state index is 0.0684. The zero-order valence-electron chi connectivity index (χ0n) is 9.78. The summed E-state index contributed by atoms with van der Waals surface area (Å²) in [4.78, 5) is 13.8. The van der Waals surface area contributed by atoms with E-state index in [1.807, 2.05) is 12.3 Å². The zero-order valence-corrected chi connectivity index (χ0v) is 9.78. The molecule has 1 fully saturated rings. The van der Waals surface area contributed by atoms with Crippen LogP contribution in [-0.2, 0) is 13.6 Å². The van der Waals surface area contributed by atoms with Gasteiger partial charge in [0.05, 0.1) is 0 Å². The second-order valence-electron chi connectivity index (χ2n) is 4.51. The molecule has 0 spiro atoms. The highest BCUT2D eigenvalue weighted by Gasteiger charge is 2.12. The molecule has 1 aromatic rings. The first-order valence-corrected chi connectivity index (χ1v) is 5.70. The molecule has 0 amide bonds. The molecule has 1 aromatic heterocycles. The van der Waals surface area contributed by atoms with E-state index in [0.717, 1.165) is 38.0 Å². The zero-order chi connectivity index (χ0) is 11.5. The molecule has 0 aromatic carbocycles. The van der Waals surface area contributed by atoms with Crippen LogP contribution in [0.1, 0.15) is 18.4 Å². The number of nitrogens with zero attached hydrogens (tertiary/aromatic N) is 2. The first kappa shape index (κ1) is 11.1. The van der Waals surface area contributed by atoms with Gasteiger partial charge in [0.1, 0.15) is 0 Å².